The number of carbonyl (C=O) groups is 1. The number of hydrogen-bond acceptors (Lipinski definition) is 4. The molecule has 0 radical (unpaired) electrons. The van der Waals surface area contributed by atoms with Crippen molar-refractivity contribution < 1.29 is 14.3 Å². The van der Waals surface area contributed by atoms with Gasteiger partial charge in [0.05, 0.1) is 23.5 Å². The third-order valence-electron chi connectivity index (χ3n) is 2.26. The summed E-state index contributed by atoms with van der Waals surface area (Å²) in [5.41, 5.74) is 0.683. The molecule has 0 aliphatic heterocycles. The molecule has 1 aromatic carbocycles. The van der Waals surface area contributed by atoms with Crippen molar-refractivity contribution in [1.82, 2.24) is 15.0 Å². The van der Waals surface area contributed by atoms with Crippen molar-refractivity contribution >= 4 is 23.2 Å². The van der Waals surface area contributed by atoms with Crippen LogP contribution in [0.4, 0.5) is 10.1 Å². The predicted molar refractivity (Wildman–Crippen MR) is 66.0 cm³/mol. The molecule has 19 heavy (non-hydrogen) atoms. The number of halogens is 2. The van der Waals surface area contributed by atoms with Crippen molar-refractivity contribution in [2.75, 3.05) is 5.32 Å². The largest absolute Gasteiger partial charge is 0.390 e. The number of anilines is 1. The quantitative estimate of drug-likeness (QED) is 0.884. The Morgan fingerprint density at radius 1 is 1.53 bits per heavy atom. The standard InChI is InChI=1S/C11H10ClFN4O2/c12-9-3-7(13)1-2-10(9)14-11(19)5-17-4-8(6-18)15-16-17/h1-4,18H,5-6H2,(H,14,19). The molecule has 0 spiro atoms. The minimum Gasteiger partial charge on any atom is -0.390 e. The minimum absolute atomic E-state index is 0.0826. The molecule has 8 heteroatoms. The first kappa shape index (κ1) is 13.4. The van der Waals surface area contributed by atoms with Crippen molar-refractivity contribution in [1.29, 1.82) is 0 Å². The Hall–Kier alpha value is -1.99. The maximum atomic E-state index is 12.8. The molecule has 0 bridgehead atoms. The lowest BCUT2D eigenvalue weighted by Gasteiger charge is -2.06. The number of benzene rings is 1. The molecule has 1 aromatic heterocycles. The Kier molecular flexibility index (Phi) is 4.08. The first-order chi connectivity index (χ1) is 9.08. The van der Waals surface area contributed by atoms with Crippen LogP contribution in [0.25, 0.3) is 0 Å². The highest BCUT2D eigenvalue weighted by Gasteiger charge is 2.09. The van der Waals surface area contributed by atoms with E-state index in [0.29, 0.717) is 11.4 Å². The van der Waals surface area contributed by atoms with Gasteiger partial charge >= 0.3 is 0 Å². The zero-order chi connectivity index (χ0) is 13.8. The topological polar surface area (TPSA) is 80.0 Å². The van der Waals surface area contributed by atoms with Gasteiger partial charge in [0.25, 0.3) is 0 Å². The second-order valence-corrected chi connectivity index (χ2v) is 4.15. The number of nitrogens with one attached hydrogen (secondary N) is 1. The Labute approximate surface area is 112 Å². The summed E-state index contributed by atoms with van der Waals surface area (Å²) in [6.07, 6.45) is 1.45. The lowest BCUT2D eigenvalue weighted by atomic mass is 10.3. The molecule has 0 aliphatic rings. The van der Waals surface area contributed by atoms with Gasteiger partial charge in [0.2, 0.25) is 5.91 Å². The van der Waals surface area contributed by atoms with Crippen LogP contribution in [0.2, 0.25) is 5.02 Å². The van der Waals surface area contributed by atoms with Crippen LogP contribution in [0.1, 0.15) is 5.69 Å². The molecule has 0 saturated carbocycles. The second kappa shape index (κ2) is 5.77. The van der Waals surface area contributed by atoms with E-state index in [1.54, 1.807) is 0 Å². The van der Waals surface area contributed by atoms with Crippen LogP contribution in [0.5, 0.6) is 0 Å². The van der Waals surface area contributed by atoms with E-state index in [0.717, 1.165) is 6.07 Å². The van der Waals surface area contributed by atoms with Crippen LogP contribution in [0.15, 0.2) is 24.4 Å². The van der Waals surface area contributed by atoms with Crippen LogP contribution < -0.4 is 5.32 Å². The van der Waals surface area contributed by atoms with Gasteiger partial charge in [0.1, 0.15) is 18.1 Å². The van der Waals surface area contributed by atoms with Crippen LogP contribution in [-0.4, -0.2) is 26.0 Å². The van der Waals surface area contributed by atoms with Crippen LogP contribution in [0, 0.1) is 5.82 Å². The van der Waals surface area contributed by atoms with Gasteiger partial charge in [0, 0.05) is 0 Å². The SMILES string of the molecule is O=C(Cn1cc(CO)nn1)Nc1ccc(F)cc1Cl. The van der Waals surface area contributed by atoms with E-state index in [2.05, 4.69) is 15.6 Å². The lowest BCUT2D eigenvalue weighted by Crippen LogP contribution is -2.19. The maximum Gasteiger partial charge on any atom is 0.246 e. The molecular weight excluding hydrogens is 275 g/mol. The number of amides is 1. The van der Waals surface area contributed by atoms with Crippen LogP contribution in [0.3, 0.4) is 0 Å². The van der Waals surface area contributed by atoms with Gasteiger partial charge in [0.15, 0.2) is 0 Å². The van der Waals surface area contributed by atoms with E-state index in [4.69, 9.17) is 16.7 Å². The monoisotopic (exact) mass is 284 g/mol. The first-order valence-corrected chi connectivity index (χ1v) is 5.71. The molecule has 0 atom stereocenters. The van der Waals surface area contributed by atoms with E-state index in [1.807, 2.05) is 0 Å². The average molecular weight is 285 g/mol. The molecule has 0 unspecified atom stereocenters. The lowest BCUT2D eigenvalue weighted by molar-refractivity contribution is -0.116. The fraction of sp³-hybridized carbons (Fsp3) is 0.182. The zero-order valence-electron chi connectivity index (χ0n) is 9.68. The van der Waals surface area contributed by atoms with Gasteiger partial charge in [-0.2, -0.15) is 0 Å². The summed E-state index contributed by atoms with van der Waals surface area (Å²) in [4.78, 5) is 11.7. The maximum absolute atomic E-state index is 12.8. The summed E-state index contributed by atoms with van der Waals surface area (Å²) >= 11 is 5.78. The number of carbonyl (C=O) groups excluding carboxylic acids is 1. The fourth-order valence-electron chi connectivity index (χ4n) is 1.42. The molecule has 100 valence electrons. The number of aromatic nitrogens is 3. The van der Waals surface area contributed by atoms with Crippen molar-refractivity contribution in [3.05, 3.63) is 40.9 Å². The third kappa shape index (κ3) is 3.49. The van der Waals surface area contributed by atoms with Crippen molar-refractivity contribution in [2.24, 2.45) is 0 Å². The van der Waals surface area contributed by atoms with Gasteiger partial charge in [-0.1, -0.05) is 16.8 Å². The highest BCUT2D eigenvalue weighted by Crippen LogP contribution is 2.22. The molecule has 0 aliphatic carbocycles. The minimum atomic E-state index is -0.480. The normalized spacial score (nSPS) is 10.5. The molecular formula is C11H10ClFN4O2. The van der Waals surface area contributed by atoms with E-state index >= 15 is 0 Å². The van der Waals surface area contributed by atoms with Gasteiger partial charge in [-0.25, -0.2) is 9.07 Å². The average Bonchev–Trinajstić information content (AvgIpc) is 2.80. The Balaban J connectivity index is 2.01. The summed E-state index contributed by atoms with van der Waals surface area (Å²) in [5.74, 6) is -0.866. The van der Waals surface area contributed by atoms with E-state index in [-0.39, 0.29) is 24.1 Å². The second-order valence-electron chi connectivity index (χ2n) is 3.74. The molecule has 6 nitrogen and oxygen atoms in total. The summed E-state index contributed by atoms with van der Waals surface area (Å²) in [6.45, 7) is -0.327. The van der Waals surface area contributed by atoms with Crippen molar-refractivity contribution in [3.63, 3.8) is 0 Å². The number of hydrogen-bond donors (Lipinski definition) is 2. The number of rotatable bonds is 4. The van der Waals surface area contributed by atoms with Crippen molar-refractivity contribution in [2.45, 2.75) is 13.2 Å². The van der Waals surface area contributed by atoms with Crippen LogP contribution in [-0.2, 0) is 17.9 Å². The Morgan fingerprint density at radius 3 is 2.95 bits per heavy atom. The fourth-order valence-corrected chi connectivity index (χ4v) is 1.63. The highest BCUT2D eigenvalue weighted by molar-refractivity contribution is 6.33. The van der Waals surface area contributed by atoms with E-state index in [9.17, 15) is 9.18 Å². The van der Waals surface area contributed by atoms with E-state index in [1.165, 1.54) is 23.0 Å². The smallest absolute Gasteiger partial charge is 0.246 e. The summed E-state index contributed by atoms with van der Waals surface area (Å²) < 4.78 is 14.1. The zero-order valence-corrected chi connectivity index (χ0v) is 10.4. The Morgan fingerprint density at radius 2 is 2.32 bits per heavy atom. The molecule has 0 fully saturated rings. The molecule has 1 amide bonds. The third-order valence-corrected chi connectivity index (χ3v) is 2.57. The molecule has 0 saturated heterocycles. The number of aliphatic hydroxyl groups excluding tert-OH is 1. The molecule has 2 aromatic rings. The van der Waals surface area contributed by atoms with Gasteiger partial charge in [-0.05, 0) is 18.2 Å². The van der Waals surface area contributed by atoms with Crippen molar-refractivity contribution in [3.8, 4) is 0 Å². The van der Waals surface area contributed by atoms with E-state index < -0.39 is 5.82 Å². The molecule has 2 rings (SSSR count). The summed E-state index contributed by atoms with van der Waals surface area (Å²) in [6, 6.07) is 3.67. The van der Waals surface area contributed by atoms with Gasteiger partial charge in [-0.3, -0.25) is 4.79 Å². The van der Waals surface area contributed by atoms with Gasteiger partial charge in [-0.15, -0.1) is 5.10 Å². The highest BCUT2D eigenvalue weighted by atomic mass is 35.5. The predicted octanol–water partition coefficient (Wildman–Crippen LogP) is 1.20. The first-order valence-electron chi connectivity index (χ1n) is 5.33. The van der Waals surface area contributed by atoms with Crippen LogP contribution >= 0.6 is 11.6 Å². The number of aliphatic hydroxyl groups is 1. The molecule has 2 N–H and O–H groups in total. The summed E-state index contributed by atoms with van der Waals surface area (Å²) in [5, 5.41) is 18.7. The van der Waals surface area contributed by atoms with Gasteiger partial charge < -0.3 is 10.4 Å². The Bertz CT molecular complexity index is 602. The number of nitrogens with zero attached hydrogens (tertiary/aromatic N) is 3. The summed E-state index contributed by atoms with van der Waals surface area (Å²) in [7, 11) is 0. The molecule has 1 heterocycles.